The number of hydrogen-bond donors (Lipinski definition) is 8. The number of guanidine groups is 1. The molecule has 1 rings (SSSR count). The van der Waals surface area contributed by atoms with Crippen LogP contribution in [-0.2, 0) is 25.6 Å². The zero-order valence-corrected chi connectivity index (χ0v) is 16.1. The van der Waals surface area contributed by atoms with E-state index in [1.807, 2.05) is 0 Å². The van der Waals surface area contributed by atoms with Gasteiger partial charge in [0.05, 0.1) is 18.8 Å². The lowest BCUT2D eigenvalue weighted by Gasteiger charge is -2.21. The Bertz CT molecular complexity index is 762. The molecule has 0 bridgehead atoms. The monoisotopic (exact) mass is 426 g/mol. The van der Waals surface area contributed by atoms with Gasteiger partial charge in [0.25, 0.3) is 0 Å². The third-order valence-corrected chi connectivity index (χ3v) is 3.91. The van der Waals surface area contributed by atoms with Gasteiger partial charge >= 0.3 is 11.9 Å². The van der Waals surface area contributed by atoms with Crippen molar-refractivity contribution in [2.24, 2.45) is 22.2 Å². The number of carboxylic acids is 2. The number of aromatic amines is 1. The summed E-state index contributed by atoms with van der Waals surface area (Å²) < 4.78 is 0. The second-order valence-corrected chi connectivity index (χ2v) is 6.39. The summed E-state index contributed by atoms with van der Waals surface area (Å²) in [5.74, 6) is -4.53. The Hall–Kier alpha value is -3.68. The molecule has 0 aliphatic rings. The Labute approximate surface area is 171 Å². The average Bonchev–Trinajstić information content (AvgIpc) is 3.16. The van der Waals surface area contributed by atoms with E-state index in [0.717, 1.165) is 0 Å². The summed E-state index contributed by atoms with van der Waals surface area (Å²) in [5.41, 5.74) is 16.6. The van der Waals surface area contributed by atoms with E-state index in [9.17, 15) is 24.3 Å². The third kappa shape index (κ3) is 9.01. The van der Waals surface area contributed by atoms with E-state index in [1.165, 1.54) is 12.5 Å². The highest BCUT2D eigenvalue weighted by atomic mass is 16.4. The van der Waals surface area contributed by atoms with Crippen LogP contribution in [0.3, 0.4) is 0 Å². The SMILES string of the molecule is NC(N)=NCCC[C@H](N)C(=O)N[C@@H](CC(=O)O)C(=O)N[C@@H](Cc1cnc[nH]1)C(=O)O. The third-order valence-electron chi connectivity index (χ3n) is 3.91. The number of nitrogens with one attached hydrogen (secondary N) is 3. The van der Waals surface area contributed by atoms with Crippen LogP contribution in [0.15, 0.2) is 17.5 Å². The quantitative estimate of drug-likeness (QED) is 0.0893. The summed E-state index contributed by atoms with van der Waals surface area (Å²) >= 11 is 0. The Morgan fingerprint density at radius 1 is 1.13 bits per heavy atom. The standard InChI is InChI=1S/C16H26N8O6/c17-9(2-1-3-21-16(18)19)13(27)23-10(5-12(25)26)14(28)24-11(15(29)30)4-8-6-20-7-22-8/h6-7,9-11H,1-5,17H2,(H,20,22)(H,23,27)(H,24,28)(H,25,26)(H,29,30)(H4,18,19,21)/t9-,10-,11-/m0/s1. The number of rotatable bonds is 13. The molecular weight excluding hydrogens is 400 g/mol. The molecule has 0 spiro atoms. The van der Waals surface area contributed by atoms with Crippen LogP contribution in [0, 0.1) is 0 Å². The molecule has 0 aliphatic carbocycles. The number of carboxylic acid groups (broad SMARTS) is 2. The van der Waals surface area contributed by atoms with Gasteiger partial charge in [-0.25, -0.2) is 9.78 Å². The number of nitrogens with zero attached hydrogens (tertiary/aromatic N) is 2. The summed E-state index contributed by atoms with van der Waals surface area (Å²) in [5, 5.41) is 22.8. The lowest BCUT2D eigenvalue weighted by molar-refractivity contribution is -0.143. The van der Waals surface area contributed by atoms with E-state index >= 15 is 0 Å². The van der Waals surface area contributed by atoms with Crippen LogP contribution in [0.5, 0.6) is 0 Å². The number of carbonyl (C=O) groups is 4. The molecule has 2 amide bonds. The maximum Gasteiger partial charge on any atom is 0.326 e. The van der Waals surface area contributed by atoms with E-state index < -0.39 is 48.3 Å². The molecule has 0 fully saturated rings. The van der Waals surface area contributed by atoms with Gasteiger partial charge in [0, 0.05) is 24.9 Å². The second kappa shape index (κ2) is 12.0. The number of carbonyl (C=O) groups excluding carboxylic acids is 2. The Balaban J connectivity index is 2.72. The molecule has 0 saturated heterocycles. The van der Waals surface area contributed by atoms with E-state index in [4.69, 9.17) is 22.3 Å². The maximum absolute atomic E-state index is 12.5. The fraction of sp³-hybridized carbons (Fsp3) is 0.500. The minimum atomic E-state index is -1.51. The summed E-state index contributed by atoms with van der Waals surface area (Å²) in [4.78, 5) is 57.4. The number of nitrogens with two attached hydrogens (primary N) is 3. The van der Waals surface area contributed by atoms with Crippen molar-refractivity contribution in [2.45, 2.75) is 43.8 Å². The first kappa shape index (κ1) is 24.4. The van der Waals surface area contributed by atoms with Crippen molar-refractivity contribution in [3.63, 3.8) is 0 Å². The second-order valence-electron chi connectivity index (χ2n) is 6.39. The zero-order valence-electron chi connectivity index (χ0n) is 16.1. The summed E-state index contributed by atoms with van der Waals surface area (Å²) in [6.45, 7) is 0.246. The molecule has 0 aliphatic heterocycles. The van der Waals surface area contributed by atoms with Crippen molar-refractivity contribution in [1.29, 1.82) is 0 Å². The summed E-state index contributed by atoms with van der Waals surface area (Å²) in [6, 6.07) is -3.91. The highest BCUT2D eigenvalue weighted by Crippen LogP contribution is 2.03. The Kier molecular flexibility index (Phi) is 9.75. The van der Waals surface area contributed by atoms with Crippen molar-refractivity contribution in [3.05, 3.63) is 18.2 Å². The normalized spacial score (nSPS) is 13.5. The van der Waals surface area contributed by atoms with Crippen molar-refractivity contribution in [1.82, 2.24) is 20.6 Å². The van der Waals surface area contributed by atoms with Gasteiger partial charge in [-0.1, -0.05) is 0 Å². The van der Waals surface area contributed by atoms with E-state index in [-0.39, 0.29) is 25.3 Å². The van der Waals surface area contributed by atoms with E-state index in [2.05, 4.69) is 25.6 Å². The van der Waals surface area contributed by atoms with Gasteiger partial charge in [0.2, 0.25) is 11.8 Å². The summed E-state index contributed by atoms with van der Waals surface area (Å²) in [6.07, 6.45) is 2.43. The minimum Gasteiger partial charge on any atom is -0.481 e. The number of amides is 2. The number of imidazole rings is 1. The maximum atomic E-state index is 12.5. The van der Waals surface area contributed by atoms with Gasteiger partial charge < -0.3 is 43.0 Å². The molecule has 0 unspecified atom stereocenters. The van der Waals surface area contributed by atoms with Gasteiger partial charge in [-0.15, -0.1) is 0 Å². The molecule has 30 heavy (non-hydrogen) atoms. The van der Waals surface area contributed by atoms with Crippen molar-refractivity contribution in [2.75, 3.05) is 6.54 Å². The highest BCUT2D eigenvalue weighted by molar-refractivity contribution is 5.93. The molecule has 0 aromatic carbocycles. The van der Waals surface area contributed by atoms with Crippen LogP contribution in [0.1, 0.15) is 25.0 Å². The number of aromatic nitrogens is 2. The molecule has 0 radical (unpaired) electrons. The first-order valence-electron chi connectivity index (χ1n) is 8.93. The first-order valence-corrected chi connectivity index (χ1v) is 8.93. The predicted molar refractivity (Wildman–Crippen MR) is 104 cm³/mol. The van der Waals surface area contributed by atoms with Crippen LogP contribution in [0.25, 0.3) is 0 Å². The minimum absolute atomic E-state index is 0.102. The van der Waals surface area contributed by atoms with Crippen LogP contribution in [0.4, 0.5) is 0 Å². The number of hydrogen-bond acceptors (Lipinski definition) is 7. The Morgan fingerprint density at radius 2 is 1.80 bits per heavy atom. The van der Waals surface area contributed by atoms with Gasteiger partial charge in [-0.05, 0) is 12.8 Å². The smallest absolute Gasteiger partial charge is 0.326 e. The summed E-state index contributed by atoms with van der Waals surface area (Å²) in [7, 11) is 0. The number of aliphatic carboxylic acids is 2. The highest BCUT2D eigenvalue weighted by Gasteiger charge is 2.29. The van der Waals surface area contributed by atoms with Crippen LogP contribution in [0.2, 0.25) is 0 Å². The predicted octanol–water partition coefficient (Wildman–Crippen LogP) is -3.14. The molecule has 166 valence electrons. The fourth-order valence-corrected chi connectivity index (χ4v) is 2.40. The first-order chi connectivity index (χ1) is 14.1. The van der Waals surface area contributed by atoms with E-state index in [0.29, 0.717) is 12.1 Å². The molecule has 0 saturated carbocycles. The van der Waals surface area contributed by atoms with Gasteiger partial charge in [0.1, 0.15) is 12.1 Å². The van der Waals surface area contributed by atoms with Crippen molar-refractivity contribution < 1.29 is 29.4 Å². The van der Waals surface area contributed by atoms with Crippen LogP contribution in [-0.4, -0.2) is 74.6 Å². The fourth-order valence-electron chi connectivity index (χ4n) is 2.40. The van der Waals surface area contributed by atoms with Crippen molar-refractivity contribution in [3.8, 4) is 0 Å². The lowest BCUT2D eigenvalue weighted by Crippen LogP contribution is -2.55. The molecule has 3 atom stereocenters. The number of aliphatic imine (C=N–C) groups is 1. The zero-order chi connectivity index (χ0) is 22.7. The molecule has 11 N–H and O–H groups in total. The van der Waals surface area contributed by atoms with Crippen LogP contribution < -0.4 is 27.8 Å². The Morgan fingerprint density at radius 3 is 2.33 bits per heavy atom. The van der Waals surface area contributed by atoms with Gasteiger partial charge in [0.15, 0.2) is 5.96 Å². The molecule has 1 aromatic rings. The molecule has 1 heterocycles. The molecule has 14 heteroatoms. The molecule has 1 aromatic heterocycles. The van der Waals surface area contributed by atoms with Crippen LogP contribution >= 0.6 is 0 Å². The largest absolute Gasteiger partial charge is 0.481 e. The average molecular weight is 426 g/mol. The van der Waals surface area contributed by atoms with E-state index in [1.54, 1.807) is 0 Å². The van der Waals surface area contributed by atoms with Gasteiger partial charge in [-0.2, -0.15) is 0 Å². The van der Waals surface area contributed by atoms with Crippen molar-refractivity contribution >= 4 is 29.7 Å². The molecule has 14 nitrogen and oxygen atoms in total. The topological polar surface area (TPSA) is 252 Å². The molecular formula is C16H26N8O6. The number of H-pyrrole nitrogens is 1. The van der Waals surface area contributed by atoms with Gasteiger partial charge in [-0.3, -0.25) is 19.4 Å². The lowest BCUT2D eigenvalue weighted by atomic mass is 10.1.